The average Bonchev–Trinajstić information content (AvgIpc) is 3.11. The molecule has 1 saturated heterocycles. The molecule has 6 heteroatoms. The number of nitrogens with zero attached hydrogens (tertiary/aromatic N) is 4. The highest BCUT2D eigenvalue weighted by Crippen LogP contribution is 2.23. The second kappa shape index (κ2) is 6.78. The van der Waals surface area contributed by atoms with Gasteiger partial charge in [0.15, 0.2) is 0 Å². The number of halogens is 1. The Bertz CT molecular complexity index is 946. The summed E-state index contributed by atoms with van der Waals surface area (Å²) in [5, 5.41) is 0. The molecule has 4 rings (SSSR count). The maximum absolute atomic E-state index is 13.5. The van der Waals surface area contributed by atoms with Crippen LogP contribution in [-0.2, 0) is 0 Å². The molecule has 134 valence electrons. The van der Waals surface area contributed by atoms with E-state index in [1.54, 1.807) is 18.0 Å². The molecule has 2 amide bonds. The van der Waals surface area contributed by atoms with Gasteiger partial charge < -0.3 is 9.30 Å². The Morgan fingerprint density at radius 3 is 2.73 bits per heavy atom. The smallest absolute Gasteiger partial charge is 0.324 e. The van der Waals surface area contributed by atoms with E-state index in [9.17, 15) is 9.18 Å². The summed E-state index contributed by atoms with van der Waals surface area (Å²) in [6.07, 6.45) is 7.06. The molecular formula is C20H21FN4O. The van der Waals surface area contributed by atoms with Crippen LogP contribution in [0.25, 0.3) is 16.9 Å². The van der Waals surface area contributed by atoms with Gasteiger partial charge in [0.1, 0.15) is 11.5 Å². The number of aromatic nitrogens is 2. The summed E-state index contributed by atoms with van der Waals surface area (Å²) in [6, 6.07) is 10.2. The molecule has 5 nitrogen and oxygen atoms in total. The lowest BCUT2D eigenvalue weighted by molar-refractivity contribution is 0.194. The van der Waals surface area contributed by atoms with Crippen LogP contribution in [0.1, 0.15) is 19.3 Å². The first-order chi connectivity index (χ1) is 12.6. The van der Waals surface area contributed by atoms with Gasteiger partial charge in [0.2, 0.25) is 0 Å². The van der Waals surface area contributed by atoms with Crippen molar-refractivity contribution in [3.63, 3.8) is 0 Å². The molecule has 26 heavy (non-hydrogen) atoms. The van der Waals surface area contributed by atoms with Crippen molar-refractivity contribution in [2.24, 2.45) is 0 Å². The van der Waals surface area contributed by atoms with Gasteiger partial charge in [-0.25, -0.2) is 14.2 Å². The predicted molar refractivity (Wildman–Crippen MR) is 99.8 cm³/mol. The Hall–Kier alpha value is -2.89. The zero-order chi connectivity index (χ0) is 18.1. The van der Waals surface area contributed by atoms with Crippen LogP contribution in [0.3, 0.4) is 0 Å². The summed E-state index contributed by atoms with van der Waals surface area (Å²) in [6.45, 7) is 1.64. The quantitative estimate of drug-likeness (QED) is 0.694. The molecule has 1 aliphatic rings. The number of carbonyl (C=O) groups is 1. The molecule has 0 spiro atoms. The molecule has 0 saturated carbocycles. The van der Waals surface area contributed by atoms with E-state index in [-0.39, 0.29) is 11.8 Å². The zero-order valence-corrected chi connectivity index (χ0v) is 14.7. The standard InChI is InChI=1S/C20H21FN4O/c1-23(20(26)24-9-3-2-4-10-24)17-8-11-25-14-18(22-19(25)13-17)15-6-5-7-16(21)12-15/h5-8,11-14H,2-4,9-10H2,1H3. The minimum absolute atomic E-state index is 0.0194. The second-order valence-electron chi connectivity index (χ2n) is 6.68. The molecule has 3 heterocycles. The maximum Gasteiger partial charge on any atom is 0.324 e. The number of fused-ring (bicyclic) bond motifs is 1. The molecule has 1 fully saturated rings. The van der Waals surface area contributed by atoms with Gasteiger partial charge in [0.05, 0.1) is 11.4 Å². The molecule has 0 aliphatic carbocycles. The molecule has 1 aromatic carbocycles. The van der Waals surface area contributed by atoms with Gasteiger partial charge in [-0.2, -0.15) is 0 Å². The third-order valence-corrected chi connectivity index (χ3v) is 4.86. The second-order valence-corrected chi connectivity index (χ2v) is 6.68. The van der Waals surface area contributed by atoms with Gasteiger partial charge in [-0.3, -0.25) is 4.90 Å². The van der Waals surface area contributed by atoms with Crippen molar-refractivity contribution in [2.45, 2.75) is 19.3 Å². The van der Waals surface area contributed by atoms with E-state index in [0.717, 1.165) is 42.8 Å². The Labute approximate surface area is 151 Å². The number of hydrogen-bond donors (Lipinski definition) is 0. The van der Waals surface area contributed by atoms with E-state index in [2.05, 4.69) is 4.98 Å². The highest BCUT2D eigenvalue weighted by atomic mass is 19.1. The first-order valence-corrected chi connectivity index (χ1v) is 8.89. The summed E-state index contributed by atoms with van der Waals surface area (Å²) >= 11 is 0. The van der Waals surface area contributed by atoms with E-state index in [1.807, 2.05) is 39.9 Å². The summed E-state index contributed by atoms with van der Waals surface area (Å²) in [5.74, 6) is -0.285. The lowest BCUT2D eigenvalue weighted by atomic mass is 10.1. The number of hydrogen-bond acceptors (Lipinski definition) is 2. The molecule has 0 atom stereocenters. The fourth-order valence-corrected chi connectivity index (χ4v) is 3.37. The fraction of sp³-hybridized carbons (Fsp3) is 0.300. The molecule has 2 aromatic heterocycles. The van der Waals surface area contributed by atoms with Crippen molar-refractivity contribution in [1.82, 2.24) is 14.3 Å². The maximum atomic E-state index is 13.5. The van der Waals surface area contributed by atoms with Crippen LogP contribution in [-0.4, -0.2) is 40.5 Å². The number of amides is 2. The Morgan fingerprint density at radius 2 is 1.96 bits per heavy atom. The van der Waals surface area contributed by atoms with Crippen molar-refractivity contribution in [3.05, 3.63) is 54.6 Å². The topological polar surface area (TPSA) is 40.9 Å². The molecular weight excluding hydrogens is 331 g/mol. The monoisotopic (exact) mass is 352 g/mol. The normalized spacial score (nSPS) is 14.6. The number of urea groups is 1. The highest BCUT2D eigenvalue weighted by molar-refractivity contribution is 5.92. The van der Waals surface area contributed by atoms with Crippen LogP contribution in [0.4, 0.5) is 14.9 Å². The van der Waals surface area contributed by atoms with Gasteiger partial charge in [0.25, 0.3) is 0 Å². The molecule has 1 aliphatic heterocycles. The van der Waals surface area contributed by atoms with Gasteiger partial charge in [-0.1, -0.05) is 12.1 Å². The zero-order valence-electron chi connectivity index (χ0n) is 14.7. The highest BCUT2D eigenvalue weighted by Gasteiger charge is 2.21. The molecule has 0 N–H and O–H groups in total. The molecule has 3 aromatic rings. The van der Waals surface area contributed by atoms with E-state index in [4.69, 9.17) is 0 Å². The van der Waals surface area contributed by atoms with Gasteiger partial charge in [-0.05, 0) is 37.5 Å². The van der Waals surface area contributed by atoms with Gasteiger partial charge >= 0.3 is 6.03 Å². The SMILES string of the molecule is CN(C(=O)N1CCCCC1)c1ccn2cc(-c3cccc(F)c3)nc2c1. The third kappa shape index (κ3) is 3.14. The number of likely N-dealkylation sites (tertiary alicyclic amines) is 1. The first-order valence-electron chi connectivity index (χ1n) is 8.89. The number of rotatable bonds is 2. The number of anilines is 1. The van der Waals surface area contributed by atoms with E-state index in [0.29, 0.717) is 5.69 Å². The lowest BCUT2D eigenvalue weighted by Gasteiger charge is -2.31. The predicted octanol–water partition coefficient (Wildman–Crippen LogP) is 4.18. The van der Waals surface area contributed by atoms with E-state index >= 15 is 0 Å². The van der Waals surface area contributed by atoms with Crippen molar-refractivity contribution < 1.29 is 9.18 Å². The Kier molecular flexibility index (Phi) is 4.32. The van der Waals surface area contributed by atoms with Crippen LogP contribution in [0.5, 0.6) is 0 Å². The lowest BCUT2D eigenvalue weighted by Crippen LogP contribution is -2.43. The van der Waals surface area contributed by atoms with Gasteiger partial charge in [-0.15, -0.1) is 0 Å². The van der Waals surface area contributed by atoms with Crippen LogP contribution in [0.2, 0.25) is 0 Å². The van der Waals surface area contributed by atoms with Crippen molar-refractivity contribution >= 4 is 17.4 Å². The molecule has 0 bridgehead atoms. The number of benzene rings is 1. The van der Waals surface area contributed by atoms with Crippen molar-refractivity contribution in [2.75, 3.05) is 25.0 Å². The molecule has 0 radical (unpaired) electrons. The number of carbonyl (C=O) groups excluding carboxylic acids is 1. The molecule has 0 unspecified atom stereocenters. The van der Waals surface area contributed by atoms with Crippen molar-refractivity contribution in [3.8, 4) is 11.3 Å². The van der Waals surface area contributed by atoms with Crippen LogP contribution in [0.15, 0.2) is 48.8 Å². The number of piperidine rings is 1. The van der Waals surface area contributed by atoms with Crippen LogP contribution >= 0.6 is 0 Å². The summed E-state index contributed by atoms with van der Waals surface area (Å²) in [7, 11) is 1.79. The van der Waals surface area contributed by atoms with Crippen LogP contribution < -0.4 is 4.90 Å². The Balaban J connectivity index is 1.62. The van der Waals surface area contributed by atoms with E-state index < -0.39 is 0 Å². The van der Waals surface area contributed by atoms with E-state index in [1.165, 1.54) is 18.6 Å². The third-order valence-electron chi connectivity index (χ3n) is 4.86. The average molecular weight is 352 g/mol. The Morgan fingerprint density at radius 1 is 1.15 bits per heavy atom. The minimum atomic E-state index is -0.285. The first kappa shape index (κ1) is 16.6. The number of imidazole rings is 1. The number of pyridine rings is 1. The van der Waals surface area contributed by atoms with Gasteiger partial charge in [0, 0.05) is 44.2 Å². The summed E-state index contributed by atoms with van der Waals surface area (Å²) < 4.78 is 15.3. The fourth-order valence-electron chi connectivity index (χ4n) is 3.37. The summed E-state index contributed by atoms with van der Waals surface area (Å²) in [5.41, 5.74) is 2.95. The van der Waals surface area contributed by atoms with Crippen LogP contribution in [0, 0.1) is 5.82 Å². The van der Waals surface area contributed by atoms with Crippen molar-refractivity contribution in [1.29, 1.82) is 0 Å². The minimum Gasteiger partial charge on any atom is -0.324 e. The summed E-state index contributed by atoms with van der Waals surface area (Å²) in [4.78, 5) is 20.8. The largest absolute Gasteiger partial charge is 0.324 e.